The van der Waals surface area contributed by atoms with Crippen molar-refractivity contribution in [2.24, 2.45) is 0 Å². The maximum atomic E-state index is 13.4. The quantitative estimate of drug-likeness (QED) is 0.802. The van der Waals surface area contributed by atoms with E-state index in [1.54, 1.807) is 13.1 Å². The van der Waals surface area contributed by atoms with Crippen LogP contribution in [0.1, 0.15) is 26.3 Å². The molecule has 2 N–H and O–H groups in total. The van der Waals surface area contributed by atoms with E-state index in [4.69, 9.17) is 0 Å². The Kier molecular flexibility index (Phi) is 6.45. The summed E-state index contributed by atoms with van der Waals surface area (Å²) in [5.74, 6) is -0.316. The highest BCUT2D eigenvalue weighted by Crippen LogP contribution is 2.21. The zero-order chi connectivity index (χ0) is 15.1. The molecular weight excluding hydrogens is 257 g/mol. The maximum absolute atomic E-state index is 13.4. The van der Waals surface area contributed by atoms with Crippen molar-refractivity contribution in [3.8, 4) is 0 Å². The third-order valence-electron chi connectivity index (χ3n) is 3.08. The number of carbonyl (C=O) groups is 1. The van der Waals surface area contributed by atoms with E-state index in [1.165, 1.54) is 12.1 Å². The summed E-state index contributed by atoms with van der Waals surface area (Å²) in [5.41, 5.74) is 1.76. The van der Waals surface area contributed by atoms with Crippen molar-refractivity contribution in [3.05, 3.63) is 29.6 Å². The Morgan fingerprint density at radius 3 is 2.65 bits per heavy atom. The van der Waals surface area contributed by atoms with Gasteiger partial charge in [0.2, 0.25) is 5.91 Å². The highest BCUT2D eigenvalue weighted by atomic mass is 19.1. The van der Waals surface area contributed by atoms with Crippen LogP contribution in [0.5, 0.6) is 0 Å². The van der Waals surface area contributed by atoms with Gasteiger partial charge in [0.05, 0.1) is 6.54 Å². The molecule has 1 aromatic carbocycles. The normalized spacial score (nSPS) is 10.7. The van der Waals surface area contributed by atoms with Crippen LogP contribution in [0.15, 0.2) is 18.2 Å². The lowest BCUT2D eigenvalue weighted by atomic mass is 10.1. The lowest BCUT2D eigenvalue weighted by Crippen LogP contribution is -2.36. The fourth-order valence-electron chi connectivity index (χ4n) is 1.94. The number of amides is 1. The molecule has 20 heavy (non-hydrogen) atoms. The first-order chi connectivity index (χ1) is 9.47. The van der Waals surface area contributed by atoms with E-state index in [0.717, 1.165) is 11.3 Å². The fourth-order valence-corrected chi connectivity index (χ4v) is 1.94. The summed E-state index contributed by atoms with van der Waals surface area (Å²) in [4.78, 5) is 13.5. The zero-order valence-corrected chi connectivity index (χ0v) is 12.7. The molecule has 0 atom stereocenters. The predicted molar refractivity (Wildman–Crippen MR) is 80.3 cm³/mol. The Hall–Kier alpha value is -1.62. The van der Waals surface area contributed by atoms with Crippen molar-refractivity contribution >= 4 is 11.6 Å². The highest BCUT2D eigenvalue weighted by molar-refractivity contribution is 5.81. The molecule has 0 fully saturated rings. The van der Waals surface area contributed by atoms with Gasteiger partial charge in [0.25, 0.3) is 0 Å². The molecule has 0 aromatic heterocycles. The maximum Gasteiger partial charge on any atom is 0.239 e. The Bertz CT molecular complexity index is 449. The highest BCUT2D eigenvalue weighted by Gasteiger charge is 2.13. The molecule has 0 saturated heterocycles. The van der Waals surface area contributed by atoms with E-state index in [9.17, 15) is 9.18 Å². The van der Waals surface area contributed by atoms with Crippen molar-refractivity contribution in [2.45, 2.75) is 33.4 Å². The molecule has 1 aromatic rings. The van der Waals surface area contributed by atoms with Gasteiger partial charge in [0.15, 0.2) is 0 Å². The standard InChI is InChI=1S/C15H24FN3O/c1-5-19(10-15(20)17-4)14-7-6-13(16)8-12(14)9-18-11(2)3/h6-8,11,18H,5,9-10H2,1-4H3,(H,17,20). The van der Waals surface area contributed by atoms with Crippen LogP contribution in [0, 0.1) is 5.82 Å². The number of benzene rings is 1. The molecule has 5 heteroatoms. The monoisotopic (exact) mass is 281 g/mol. The third-order valence-corrected chi connectivity index (χ3v) is 3.08. The molecular formula is C15H24FN3O. The summed E-state index contributed by atoms with van der Waals surface area (Å²) in [6.07, 6.45) is 0. The van der Waals surface area contributed by atoms with Crippen molar-refractivity contribution in [1.29, 1.82) is 0 Å². The van der Waals surface area contributed by atoms with E-state index in [0.29, 0.717) is 19.1 Å². The summed E-state index contributed by atoms with van der Waals surface area (Å²) < 4.78 is 13.4. The number of hydrogen-bond acceptors (Lipinski definition) is 3. The van der Waals surface area contributed by atoms with Gasteiger partial charge in [-0.05, 0) is 30.7 Å². The number of nitrogens with zero attached hydrogens (tertiary/aromatic N) is 1. The SMILES string of the molecule is CCN(CC(=O)NC)c1ccc(F)cc1CNC(C)C. The second kappa shape index (κ2) is 7.85. The van der Waals surface area contributed by atoms with Crippen LogP contribution < -0.4 is 15.5 Å². The number of rotatable bonds is 7. The zero-order valence-electron chi connectivity index (χ0n) is 12.7. The average molecular weight is 281 g/mol. The minimum absolute atomic E-state index is 0.0565. The smallest absolute Gasteiger partial charge is 0.239 e. The molecule has 0 bridgehead atoms. The number of carbonyl (C=O) groups excluding carboxylic acids is 1. The fraction of sp³-hybridized carbons (Fsp3) is 0.533. The van der Waals surface area contributed by atoms with Crippen LogP contribution in [0.25, 0.3) is 0 Å². The first-order valence-corrected chi connectivity index (χ1v) is 6.95. The van der Waals surface area contributed by atoms with Crippen molar-refractivity contribution < 1.29 is 9.18 Å². The summed E-state index contributed by atoms with van der Waals surface area (Å²) in [5, 5.41) is 5.89. The Morgan fingerprint density at radius 1 is 1.40 bits per heavy atom. The van der Waals surface area contributed by atoms with Crippen LogP contribution in [0.3, 0.4) is 0 Å². The van der Waals surface area contributed by atoms with Gasteiger partial charge >= 0.3 is 0 Å². The summed E-state index contributed by atoms with van der Waals surface area (Å²) >= 11 is 0. The Morgan fingerprint density at radius 2 is 2.10 bits per heavy atom. The number of likely N-dealkylation sites (N-methyl/N-ethyl adjacent to an activating group) is 2. The largest absolute Gasteiger partial charge is 0.362 e. The molecule has 0 unspecified atom stereocenters. The minimum atomic E-state index is -0.259. The molecule has 0 spiro atoms. The molecule has 0 radical (unpaired) electrons. The second-order valence-electron chi connectivity index (χ2n) is 5.00. The summed E-state index contributed by atoms with van der Waals surface area (Å²) in [6.45, 7) is 7.60. The van der Waals surface area contributed by atoms with Gasteiger partial charge in [-0.2, -0.15) is 0 Å². The lowest BCUT2D eigenvalue weighted by Gasteiger charge is -2.25. The van der Waals surface area contributed by atoms with Crippen molar-refractivity contribution in [2.75, 3.05) is 25.0 Å². The number of halogens is 1. The van der Waals surface area contributed by atoms with Gasteiger partial charge in [-0.15, -0.1) is 0 Å². The number of anilines is 1. The number of hydrogen-bond donors (Lipinski definition) is 2. The van der Waals surface area contributed by atoms with Gasteiger partial charge in [-0.3, -0.25) is 4.79 Å². The van der Waals surface area contributed by atoms with Crippen LogP contribution >= 0.6 is 0 Å². The lowest BCUT2D eigenvalue weighted by molar-refractivity contribution is -0.119. The van der Waals surface area contributed by atoms with Gasteiger partial charge in [-0.1, -0.05) is 13.8 Å². The first kappa shape index (κ1) is 16.4. The summed E-state index contributed by atoms with van der Waals surface area (Å²) in [6, 6.07) is 5.01. The van der Waals surface area contributed by atoms with Crippen LogP contribution in [-0.4, -0.2) is 32.1 Å². The number of nitrogens with one attached hydrogen (secondary N) is 2. The minimum Gasteiger partial charge on any atom is -0.362 e. The average Bonchev–Trinajstić information content (AvgIpc) is 2.42. The third kappa shape index (κ3) is 4.81. The second-order valence-corrected chi connectivity index (χ2v) is 5.00. The van der Waals surface area contributed by atoms with E-state index in [1.807, 2.05) is 25.7 Å². The topological polar surface area (TPSA) is 44.4 Å². The van der Waals surface area contributed by atoms with Crippen LogP contribution in [0.2, 0.25) is 0 Å². The molecule has 1 rings (SSSR count). The van der Waals surface area contributed by atoms with Crippen LogP contribution in [0.4, 0.5) is 10.1 Å². The van der Waals surface area contributed by atoms with Gasteiger partial charge < -0.3 is 15.5 Å². The first-order valence-electron chi connectivity index (χ1n) is 6.95. The predicted octanol–water partition coefficient (Wildman–Crippen LogP) is 1.90. The Balaban J connectivity index is 2.97. The van der Waals surface area contributed by atoms with E-state index in [2.05, 4.69) is 10.6 Å². The molecule has 4 nitrogen and oxygen atoms in total. The van der Waals surface area contributed by atoms with Crippen LogP contribution in [-0.2, 0) is 11.3 Å². The Labute approximate surface area is 120 Å². The molecule has 0 saturated carbocycles. The van der Waals surface area contributed by atoms with Crippen molar-refractivity contribution in [3.63, 3.8) is 0 Å². The molecule has 0 aliphatic carbocycles. The van der Waals surface area contributed by atoms with E-state index in [-0.39, 0.29) is 18.3 Å². The van der Waals surface area contributed by atoms with E-state index >= 15 is 0 Å². The van der Waals surface area contributed by atoms with Gasteiger partial charge in [0, 0.05) is 31.9 Å². The summed E-state index contributed by atoms with van der Waals surface area (Å²) in [7, 11) is 1.61. The molecule has 0 heterocycles. The van der Waals surface area contributed by atoms with Crippen molar-refractivity contribution in [1.82, 2.24) is 10.6 Å². The molecule has 0 aliphatic rings. The van der Waals surface area contributed by atoms with Gasteiger partial charge in [-0.25, -0.2) is 4.39 Å². The van der Waals surface area contributed by atoms with Gasteiger partial charge in [0.1, 0.15) is 5.82 Å². The molecule has 1 amide bonds. The van der Waals surface area contributed by atoms with E-state index < -0.39 is 0 Å². The molecule has 0 aliphatic heterocycles. The molecule has 112 valence electrons.